The lowest BCUT2D eigenvalue weighted by atomic mass is 10.2. The normalized spacial score (nSPS) is 15.2. The molecule has 24 heavy (non-hydrogen) atoms. The number of hydrogen-bond donors (Lipinski definition) is 0. The van der Waals surface area contributed by atoms with Crippen molar-refractivity contribution < 1.29 is 18.3 Å². The van der Waals surface area contributed by atoms with Gasteiger partial charge in [0.05, 0.1) is 13.2 Å². The standard InChI is InChI=1S/C18H15FN2O3/c19-15-3-1-13(2-4-15)17-6-5-16(24-17)11-14(12-20)18(22)21-7-9-23-10-8-21/h1-6,11H,7-10H2/b14-11-. The lowest BCUT2D eigenvalue weighted by Gasteiger charge is -2.26. The smallest absolute Gasteiger partial charge is 0.264 e. The zero-order valence-electron chi connectivity index (χ0n) is 12.9. The quantitative estimate of drug-likeness (QED) is 0.642. The fourth-order valence-electron chi connectivity index (χ4n) is 2.42. The van der Waals surface area contributed by atoms with Crippen molar-refractivity contribution in [3.63, 3.8) is 0 Å². The van der Waals surface area contributed by atoms with Gasteiger partial charge in [-0.3, -0.25) is 4.79 Å². The predicted octanol–water partition coefficient (Wildman–Crippen LogP) is 2.85. The first kappa shape index (κ1) is 16.0. The summed E-state index contributed by atoms with van der Waals surface area (Å²) in [6, 6.07) is 11.2. The van der Waals surface area contributed by atoms with Gasteiger partial charge >= 0.3 is 0 Å². The van der Waals surface area contributed by atoms with Gasteiger partial charge in [0.25, 0.3) is 5.91 Å². The van der Waals surface area contributed by atoms with Gasteiger partial charge in [0.2, 0.25) is 0 Å². The Hall–Kier alpha value is -2.91. The molecule has 0 N–H and O–H groups in total. The van der Waals surface area contributed by atoms with E-state index in [1.807, 2.05) is 6.07 Å². The molecule has 1 amide bonds. The molecular formula is C18H15FN2O3. The van der Waals surface area contributed by atoms with Crippen molar-refractivity contribution in [3.05, 3.63) is 53.5 Å². The average molecular weight is 326 g/mol. The molecule has 0 atom stereocenters. The van der Waals surface area contributed by atoms with E-state index >= 15 is 0 Å². The maximum Gasteiger partial charge on any atom is 0.264 e. The first-order chi connectivity index (χ1) is 11.7. The Bertz CT molecular complexity index is 796. The van der Waals surface area contributed by atoms with Gasteiger partial charge < -0.3 is 14.1 Å². The van der Waals surface area contributed by atoms with Crippen LogP contribution < -0.4 is 0 Å². The summed E-state index contributed by atoms with van der Waals surface area (Å²) in [4.78, 5) is 13.9. The van der Waals surface area contributed by atoms with E-state index in [0.717, 1.165) is 0 Å². The summed E-state index contributed by atoms with van der Waals surface area (Å²) in [6.45, 7) is 1.88. The number of carbonyl (C=O) groups excluding carboxylic acids is 1. The highest BCUT2D eigenvalue weighted by Gasteiger charge is 2.21. The number of carbonyl (C=O) groups is 1. The third kappa shape index (κ3) is 3.53. The Labute approximate surface area is 138 Å². The van der Waals surface area contributed by atoms with Crippen LogP contribution >= 0.6 is 0 Å². The molecule has 1 aliphatic rings. The molecule has 0 saturated carbocycles. The number of amides is 1. The highest BCUT2D eigenvalue weighted by molar-refractivity contribution is 6.01. The highest BCUT2D eigenvalue weighted by Crippen LogP contribution is 2.24. The predicted molar refractivity (Wildman–Crippen MR) is 85.1 cm³/mol. The fraction of sp³-hybridized carbons (Fsp3) is 0.222. The molecule has 1 aliphatic heterocycles. The molecule has 1 aromatic carbocycles. The molecule has 1 aromatic heterocycles. The molecule has 122 valence electrons. The summed E-state index contributed by atoms with van der Waals surface area (Å²) in [7, 11) is 0. The van der Waals surface area contributed by atoms with E-state index in [2.05, 4.69) is 0 Å². The maximum absolute atomic E-state index is 13.0. The minimum Gasteiger partial charge on any atom is -0.457 e. The number of furan rings is 1. The van der Waals surface area contributed by atoms with Crippen molar-refractivity contribution in [2.45, 2.75) is 0 Å². The van der Waals surface area contributed by atoms with Gasteiger partial charge in [0.1, 0.15) is 29.0 Å². The second-order valence-electron chi connectivity index (χ2n) is 5.28. The Morgan fingerprint density at radius 3 is 2.54 bits per heavy atom. The van der Waals surface area contributed by atoms with E-state index in [-0.39, 0.29) is 17.3 Å². The molecule has 2 heterocycles. The van der Waals surface area contributed by atoms with E-state index < -0.39 is 0 Å². The number of nitrogens with zero attached hydrogens (tertiary/aromatic N) is 2. The van der Waals surface area contributed by atoms with E-state index in [0.29, 0.717) is 43.4 Å². The molecule has 1 fully saturated rings. The summed E-state index contributed by atoms with van der Waals surface area (Å²) in [6.07, 6.45) is 1.42. The lowest BCUT2D eigenvalue weighted by Crippen LogP contribution is -2.41. The lowest BCUT2D eigenvalue weighted by molar-refractivity contribution is -0.130. The number of morpholine rings is 1. The Kier molecular flexibility index (Phi) is 4.73. The number of benzene rings is 1. The number of halogens is 1. The Balaban J connectivity index is 1.80. The van der Waals surface area contributed by atoms with Crippen molar-refractivity contribution in [3.8, 4) is 17.4 Å². The van der Waals surface area contributed by atoms with E-state index in [1.54, 1.807) is 29.2 Å². The molecular weight excluding hydrogens is 311 g/mol. The zero-order chi connectivity index (χ0) is 16.9. The van der Waals surface area contributed by atoms with Crippen molar-refractivity contribution in [2.24, 2.45) is 0 Å². The van der Waals surface area contributed by atoms with Crippen molar-refractivity contribution in [2.75, 3.05) is 26.3 Å². The van der Waals surface area contributed by atoms with Crippen LogP contribution in [0.2, 0.25) is 0 Å². The van der Waals surface area contributed by atoms with Gasteiger partial charge in [0, 0.05) is 24.7 Å². The van der Waals surface area contributed by atoms with Crippen LogP contribution in [0, 0.1) is 17.1 Å². The number of hydrogen-bond acceptors (Lipinski definition) is 4. The largest absolute Gasteiger partial charge is 0.457 e. The van der Waals surface area contributed by atoms with Crippen molar-refractivity contribution in [1.82, 2.24) is 4.90 Å². The van der Waals surface area contributed by atoms with E-state index in [4.69, 9.17) is 9.15 Å². The van der Waals surface area contributed by atoms with Gasteiger partial charge in [0.15, 0.2) is 0 Å². The zero-order valence-corrected chi connectivity index (χ0v) is 12.9. The molecule has 3 rings (SSSR count). The second kappa shape index (κ2) is 7.11. The maximum atomic E-state index is 13.0. The van der Waals surface area contributed by atoms with Crippen LogP contribution in [-0.2, 0) is 9.53 Å². The van der Waals surface area contributed by atoms with Crippen LogP contribution in [-0.4, -0.2) is 37.1 Å². The minimum absolute atomic E-state index is 0.0110. The summed E-state index contributed by atoms with van der Waals surface area (Å²) >= 11 is 0. The third-order valence-electron chi connectivity index (χ3n) is 3.69. The Morgan fingerprint density at radius 2 is 1.88 bits per heavy atom. The third-order valence-corrected chi connectivity index (χ3v) is 3.69. The molecule has 0 radical (unpaired) electrons. The summed E-state index contributed by atoms with van der Waals surface area (Å²) < 4.78 is 23.8. The first-order valence-corrected chi connectivity index (χ1v) is 7.52. The molecule has 0 bridgehead atoms. The van der Waals surface area contributed by atoms with Crippen LogP contribution in [0.25, 0.3) is 17.4 Å². The average Bonchev–Trinajstić information content (AvgIpc) is 3.09. The molecule has 0 aliphatic carbocycles. The SMILES string of the molecule is N#C/C(=C/c1ccc(-c2ccc(F)cc2)o1)C(=O)N1CCOCC1. The van der Waals surface area contributed by atoms with Crippen LogP contribution in [0.3, 0.4) is 0 Å². The molecule has 5 nitrogen and oxygen atoms in total. The molecule has 0 unspecified atom stereocenters. The fourth-order valence-corrected chi connectivity index (χ4v) is 2.42. The molecule has 1 saturated heterocycles. The van der Waals surface area contributed by atoms with Crippen LogP contribution in [0.15, 0.2) is 46.4 Å². The topological polar surface area (TPSA) is 66.5 Å². The highest BCUT2D eigenvalue weighted by atomic mass is 19.1. The van der Waals surface area contributed by atoms with Crippen LogP contribution in [0.5, 0.6) is 0 Å². The van der Waals surface area contributed by atoms with Crippen LogP contribution in [0.4, 0.5) is 4.39 Å². The van der Waals surface area contributed by atoms with Gasteiger partial charge in [-0.15, -0.1) is 0 Å². The van der Waals surface area contributed by atoms with E-state index in [1.165, 1.54) is 18.2 Å². The summed E-state index contributed by atoms with van der Waals surface area (Å²) in [5.41, 5.74) is 0.728. The van der Waals surface area contributed by atoms with Gasteiger partial charge in [-0.2, -0.15) is 5.26 Å². The minimum atomic E-state index is -0.333. The molecule has 2 aromatic rings. The number of ether oxygens (including phenoxy) is 1. The monoisotopic (exact) mass is 326 g/mol. The summed E-state index contributed by atoms with van der Waals surface area (Å²) in [5.74, 6) is 0.277. The van der Waals surface area contributed by atoms with Crippen LogP contribution in [0.1, 0.15) is 5.76 Å². The Morgan fingerprint density at radius 1 is 1.17 bits per heavy atom. The van der Waals surface area contributed by atoms with E-state index in [9.17, 15) is 14.4 Å². The second-order valence-corrected chi connectivity index (χ2v) is 5.28. The van der Waals surface area contributed by atoms with Crippen molar-refractivity contribution >= 4 is 12.0 Å². The number of nitriles is 1. The molecule has 6 heteroatoms. The van der Waals surface area contributed by atoms with Gasteiger partial charge in [-0.1, -0.05) is 0 Å². The van der Waals surface area contributed by atoms with Gasteiger partial charge in [-0.25, -0.2) is 4.39 Å². The molecule has 0 spiro atoms. The first-order valence-electron chi connectivity index (χ1n) is 7.52. The number of rotatable bonds is 3. The summed E-state index contributed by atoms with van der Waals surface area (Å²) in [5, 5.41) is 9.26. The van der Waals surface area contributed by atoms with Gasteiger partial charge in [-0.05, 0) is 36.4 Å². The van der Waals surface area contributed by atoms with Crippen molar-refractivity contribution in [1.29, 1.82) is 5.26 Å².